The van der Waals surface area contributed by atoms with Gasteiger partial charge in [-0.25, -0.2) is 9.07 Å². The minimum absolute atomic E-state index is 0.0885. The molecule has 10 heteroatoms. The van der Waals surface area contributed by atoms with Crippen LogP contribution in [0.2, 0.25) is 0 Å². The summed E-state index contributed by atoms with van der Waals surface area (Å²) in [5.41, 5.74) is 2.10. The summed E-state index contributed by atoms with van der Waals surface area (Å²) in [6.07, 6.45) is 2.82. The molecule has 0 unspecified atom stereocenters. The third-order valence-electron chi connectivity index (χ3n) is 6.89. The molecule has 2 atom stereocenters. The van der Waals surface area contributed by atoms with Gasteiger partial charge in [-0.3, -0.25) is 9.69 Å². The van der Waals surface area contributed by atoms with E-state index in [9.17, 15) is 9.18 Å². The van der Waals surface area contributed by atoms with Crippen molar-refractivity contribution in [1.82, 2.24) is 30.1 Å². The number of aromatic nitrogens is 5. The Morgan fingerprint density at radius 2 is 2.05 bits per heavy atom. The Labute approximate surface area is 214 Å². The fourth-order valence-electron chi connectivity index (χ4n) is 4.95. The highest BCUT2D eigenvalue weighted by Gasteiger charge is 2.28. The fraction of sp³-hybridized carbons (Fsp3) is 0.407. The number of nitrogens with zero attached hydrogens (tertiary/aromatic N) is 5. The van der Waals surface area contributed by atoms with Crippen LogP contribution in [0.1, 0.15) is 49.2 Å². The van der Waals surface area contributed by atoms with E-state index in [-0.39, 0.29) is 23.5 Å². The van der Waals surface area contributed by atoms with Gasteiger partial charge >= 0.3 is 0 Å². The number of tetrazole rings is 1. The number of methoxy groups -OCH3 is 1. The lowest BCUT2D eigenvalue weighted by Gasteiger charge is -2.30. The van der Waals surface area contributed by atoms with Gasteiger partial charge in [0.15, 0.2) is 5.82 Å². The van der Waals surface area contributed by atoms with E-state index < -0.39 is 0 Å². The zero-order valence-corrected chi connectivity index (χ0v) is 21.1. The number of halogens is 1. The number of hydrogen-bond donors (Lipinski definition) is 1. The van der Waals surface area contributed by atoms with Crippen molar-refractivity contribution in [2.75, 3.05) is 13.7 Å². The highest BCUT2D eigenvalue weighted by molar-refractivity contribution is 5.80. The van der Waals surface area contributed by atoms with E-state index >= 15 is 0 Å². The summed E-state index contributed by atoms with van der Waals surface area (Å²) in [5, 5.41) is 13.5. The number of pyridine rings is 1. The van der Waals surface area contributed by atoms with Gasteiger partial charge < -0.3 is 14.5 Å². The van der Waals surface area contributed by atoms with Gasteiger partial charge in [-0.1, -0.05) is 19.1 Å². The summed E-state index contributed by atoms with van der Waals surface area (Å²) in [6, 6.07) is 13.8. The number of H-pyrrole nitrogens is 1. The van der Waals surface area contributed by atoms with Crippen LogP contribution in [0.3, 0.4) is 0 Å². The van der Waals surface area contributed by atoms with Gasteiger partial charge in [0, 0.05) is 31.3 Å². The number of benzene rings is 2. The average molecular weight is 507 g/mol. The maximum absolute atomic E-state index is 13.6. The quantitative estimate of drug-likeness (QED) is 0.347. The molecule has 4 aromatic rings. The number of hydrogen-bond acceptors (Lipinski definition) is 7. The molecule has 1 N–H and O–H groups in total. The van der Waals surface area contributed by atoms with Crippen molar-refractivity contribution in [2.45, 2.75) is 58.0 Å². The van der Waals surface area contributed by atoms with Gasteiger partial charge in [-0.15, -0.1) is 5.10 Å². The monoisotopic (exact) mass is 506 g/mol. The first-order chi connectivity index (χ1) is 18.0. The highest BCUT2D eigenvalue weighted by Crippen LogP contribution is 2.28. The summed E-state index contributed by atoms with van der Waals surface area (Å²) in [7, 11) is 1.60. The Morgan fingerprint density at radius 3 is 2.78 bits per heavy atom. The maximum Gasteiger partial charge on any atom is 0.252 e. The molecular formula is C27H31FN6O3. The van der Waals surface area contributed by atoms with E-state index in [4.69, 9.17) is 9.47 Å². The number of fused-ring (bicyclic) bond motifs is 1. The largest absolute Gasteiger partial charge is 0.497 e. The van der Waals surface area contributed by atoms with Crippen LogP contribution in [0.15, 0.2) is 53.3 Å². The lowest BCUT2D eigenvalue weighted by atomic mass is 10.1. The van der Waals surface area contributed by atoms with Crippen molar-refractivity contribution in [2.24, 2.45) is 0 Å². The predicted octanol–water partition coefficient (Wildman–Crippen LogP) is 3.99. The van der Waals surface area contributed by atoms with Crippen LogP contribution in [-0.4, -0.2) is 49.9 Å². The van der Waals surface area contributed by atoms with Crippen molar-refractivity contribution in [3.63, 3.8) is 0 Å². The number of ether oxygens (including phenoxy) is 2. The molecule has 0 bridgehead atoms. The normalized spacial score (nSPS) is 16.5. The molecule has 1 aliphatic heterocycles. The Balaban J connectivity index is 1.49. The molecule has 3 heterocycles. The molecule has 1 fully saturated rings. The average Bonchev–Trinajstić information content (AvgIpc) is 3.59. The van der Waals surface area contributed by atoms with E-state index in [2.05, 4.69) is 32.3 Å². The van der Waals surface area contributed by atoms with Crippen molar-refractivity contribution in [3.05, 3.63) is 81.7 Å². The Bertz CT molecular complexity index is 1400. The van der Waals surface area contributed by atoms with E-state index in [0.717, 1.165) is 42.6 Å². The summed E-state index contributed by atoms with van der Waals surface area (Å²) in [4.78, 5) is 18.3. The van der Waals surface area contributed by atoms with Crippen molar-refractivity contribution in [3.8, 4) is 5.75 Å². The molecule has 0 saturated carbocycles. The summed E-state index contributed by atoms with van der Waals surface area (Å²) in [5.74, 6) is 1.12. The minimum Gasteiger partial charge on any atom is -0.497 e. The first kappa shape index (κ1) is 25.0. The van der Waals surface area contributed by atoms with Gasteiger partial charge in [0.2, 0.25) is 0 Å². The summed E-state index contributed by atoms with van der Waals surface area (Å²) >= 11 is 0. The minimum atomic E-state index is -0.288. The number of rotatable bonds is 10. The fourth-order valence-corrected chi connectivity index (χ4v) is 4.95. The van der Waals surface area contributed by atoms with Crippen molar-refractivity contribution in [1.29, 1.82) is 0 Å². The van der Waals surface area contributed by atoms with Crippen LogP contribution < -0.4 is 10.3 Å². The lowest BCUT2D eigenvalue weighted by molar-refractivity contribution is 0.0888. The zero-order chi connectivity index (χ0) is 25.8. The van der Waals surface area contributed by atoms with Crippen LogP contribution in [0.25, 0.3) is 10.9 Å². The SMILES string of the molecule is CC[C@@H](c1nnnn1C[C@@H]1CCCO1)N(Cc1ccc(F)cc1)Cc1cc2ccc(OC)cc2[nH]c1=O. The third-order valence-corrected chi connectivity index (χ3v) is 6.89. The van der Waals surface area contributed by atoms with Crippen LogP contribution in [0.5, 0.6) is 5.75 Å². The van der Waals surface area contributed by atoms with E-state index in [1.807, 2.05) is 28.9 Å². The molecule has 0 spiro atoms. The van der Waals surface area contributed by atoms with Gasteiger partial charge in [0.25, 0.3) is 5.56 Å². The zero-order valence-electron chi connectivity index (χ0n) is 21.1. The number of aromatic amines is 1. The van der Waals surface area contributed by atoms with E-state index in [0.29, 0.717) is 36.5 Å². The molecule has 37 heavy (non-hydrogen) atoms. The molecule has 2 aromatic carbocycles. The third kappa shape index (κ3) is 5.70. The molecule has 0 aliphatic carbocycles. The Hall–Kier alpha value is -3.63. The van der Waals surface area contributed by atoms with E-state index in [1.54, 1.807) is 19.2 Å². The second kappa shape index (κ2) is 11.2. The molecule has 1 aliphatic rings. The van der Waals surface area contributed by atoms with Crippen molar-refractivity contribution >= 4 is 10.9 Å². The molecule has 9 nitrogen and oxygen atoms in total. The lowest BCUT2D eigenvalue weighted by Crippen LogP contribution is -2.33. The summed E-state index contributed by atoms with van der Waals surface area (Å²) < 4.78 is 26.5. The smallest absolute Gasteiger partial charge is 0.252 e. The Kier molecular flexibility index (Phi) is 7.57. The highest BCUT2D eigenvalue weighted by atomic mass is 19.1. The molecular weight excluding hydrogens is 475 g/mol. The molecule has 5 rings (SSSR count). The standard InChI is InChI=1S/C27H31FN6O3/c1-3-25(26-30-31-32-34(26)17-23-5-4-12-37-23)33(15-18-6-9-21(28)10-7-18)16-20-13-19-8-11-22(36-2)14-24(19)29-27(20)35/h6-11,13-14,23,25H,3-5,12,15-17H2,1-2H3,(H,29,35)/t23-,25-/m0/s1. The van der Waals surface area contributed by atoms with Gasteiger partial charge in [-0.05, 0) is 71.0 Å². The molecule has 0 radical (unpaired) electrons. The molecule has 0 amide bonds. The Morgan fingerprint density at radius 1 is 1.22 bits per heavy atom. The second-order valence-corrected chi connectivity index (χ2v) is 9.39. The van der Waals surface area contributed by atoms with Gasteiger partial charge in [0.05, 0.1) is 31.3 Å². The van der Waals surface area contributed by atoms with Crippen LogP contribution >= 0.6 is 0 Å². The van der Waals surface area contributed by atoms with Gasteiger partial charge in [-0.2, -0.15) is 0 Å². The topological polar surface area (TPSA) is 98.2 Å². The maximum atomic E-state index is 13.6. The first-order valence-electron chi connectivity index (χ1n) is 12.6. The number of nitrogens with one attached hydrogen (secondary N) is 1. The molecule has 2 aromatic heterocycles. The second-order valence-electron chi connectivity index (χ2n) is 9.39. The van der Waals surface area contributed by atoms with Crippen LogP contribution in [0.4, 0.5) is 4.39 Å². The van der Waals surface area contributed by atoms with Crippen LogP contribution in [-0.2, 0) is 24.4 Å². The summed E-state index contributed by atoms with van der Waals surface area (Å²) in [6.45, 7) is 4.27. The predicted molar refractivity (Wildman–Crippen MR) is 137 cm³/mol. The van der Waals surface area contributed by atoms with E-state index in [1.165, 1.54) is 12.1 Å². The molecule has 1 saturated heterocycles. The molecule has 194 valence electrons. The van der Waals surface area contributed by atoms with Crippen molar-refractivity contribution < 1.29 is 13.9 Å². The van der Waals surface area contributed by atoms with Gasteiger partial charge in [0.1, 0.15) is 11.6 Å². The van der Waals surface area contributed by atoms with Crippen LogP contribution in [0, 0.1) is 5.82 Å². The first-order valence-corrected chi connectivity index (χ1v) is 12.6.